The maximum Gasteiger partial charge on any atom is 0.166 e. The lowest BCUT2D eigenvalue weighted by Crippen LogP contribution is -2.26. The summed E-state index contributed by atoms with van der Waals surface area (Å²) in [7, 11) is 0. The number of ketones is 1. The predicted octanol–water partition coefficient (Wildman–Crippen LogP) is 4.94. The molecule has 0 bridgehead atoms. The van der Waals surface area contributed by atoms with Crippen molar-refractivity contribution in [3.8, 4) is 0 Å². The number of allylic oxidation sites excluding steroid dienone is 1. The number of benzene rings is 1. The second-order valence-electron chi connectivity index (χ2n) is 5.97. The standard InChI is InChI=1S/C19H26O2/c1-4-8-17(18-12-11-14(2)21-15(18)3)13-19(20)16-9-6-5-7-10-16/h5-7,9-10,14-15H,4,8,11-13H2,1-3H3/b18-17-. The van der Waals surface area contributed by atoms with Gasteiger partial charge in [-0.2, -0.15) is 0 Å². The molecule has 2 nitrogen and oxygen atoms in total. The molecule has 0 aliphatic carbocycles. The molecule has 1 aromatic carbocycles. The summed E-state index contributed by atoms with van der Waals surface area (Å²) in [5.74, 6) is 0.220. The minimum atomic E-state index is 0.152. The van der Waals surface area contributed by atoms with Gasteiger partial charge < -0.3 is 4.74 Å². The van der Waals surface area contributed by atoms with Gasteiger partial charge in [-0.05, 0) is 38.7 Å². The van der Waals surface area contributed by atoms with Crippen molar-refractivity contribution in [1.29, 1.82) is 0 Å². The molecule has 0 radical (unpaired) electrons. The first-order valence-electron chi connectivity index (χ1n) is 8.06. The summed E-state index contributed by atoms with van der Waals surface area (Å²) in [6.45, 7) is 6.42. The SMILES string of the molecule is CCC/C(CC(=O)c1ccccc1)=C1\CCC(C)OC1C. The predicted molar refractivity (Wildman–Crippen MR) is 86.6 cm³/mol. The minimum absolute atomic E-state index is 0.152. The van der Waals surface area contributed by atoms with E-state index in [1.54, 1.807) is 0 Å². The number of hydrogen-bond donors (Lipinski definition) is 0. The first kappa shape index (κ1) is 16.0. The third-order valence-electron chi connectivity index (χ3n) is 4.22. The van der Waals surface area contributed by atoms with E-state index < -0.39 is 0 Å². The average Bonchev–Trinajstić information content (AvgIpc) is 2.48. The van der Waals surface area contributed by atoms with Crippen molar-refractivity contribution < 1.29 is 9.53 Å². The van der Waals surface area contributed by atoms with Crippen molar-refractivity contribution in [3.63, 3.8) is 0 Å². The zero-order chi connectivity index (χ0) is 15.2. The molecule has 2 atom stereocenters. The Kier molecular flexibility index (Phi) is 5.75. The monoisotopic (exact) mass is 286 g/mol. The zero-order valence-corrected chi connectivity index (χ0v) is 13.4. The lowest BCUT2D eigenvalue weighted by atomic mass is 9.88. The molecule has 21 heavy (non-hydrogen) atoms. The fraction of sp³-hybridized carbons (Fsp3) is 0.526. The Bertz CT molecular complexity index is 502. The van der Waals surface area contributed by atoms with Crippen LogP contribution < -0.4 is 0 Å². The van der Waals surface area contributed by atoms with Crippen LogP contribution in [0.4, 0.5) is 0 Å². The van der Waals surface area contributed by atoms with Crippen LogP contribution in [0.3, 0.4) is 0 Å². The average molecular weight is 286 g/mol. The van der Waals surface area contributed by atoms with Crippen LogP contribution in [-0.4, -0.2) is 18.0 Å². The van der Waals surface area contributed by atoms with Crippen LogP contribution in [-0.2, 0) is 4.74 Å². The third kappa shape index (κ3) is 4.28. The third-order valence-corrected chi connectivity index (χ3v) is 4.22. The van der Waals surface area contributed by atoms with E-state index in [1.807, 2.05) is 30.3 Å². The fourth-order valence-corrected chi connectivity index (χ4v) is 3.11. The van der Waals surface area contributed by atoms with E-state index >= 15 is 0 Å². The highest BCUT2D eigenvalue weighted by Gasteiger charge is 2.23. The second kappa shape index (κ2) is 7.56. The number of carbonyl (C=O) groups excluding carboxylic acids is 1. The number of Topliss-reactive ketones (excluding diaryl/α,β-unsaturated/α-hetero) is 1. The van der Waals surface area contributed by atoms with Gasteiger partial charge in [0.25, 0.3) is 0 Å². The summed E-state index contributed by atoms with van der Waals surface area (Å²) in [4.78, 5) is 12.5. The van der Waals surface area contributed by atoms with Gasteiger partial charge in [0.05, 0.1) is 12.2 Å². The van der Waals surface area contributed by atoms with E-state index in [0.717, 1.165) is 31.2 Å². The van der Waals surface area contributed by atoms with Gasteiger partial charge in [-0.1, -0.05) is 49.2 Å². The molecular formula is C19H26O2. The fourth-order valence-electron chi connectivity index (χ4n) is 3.11. The largest absolute Gasteiger partial charge is 0.371 e. The number of rotatable bonds is 5. The van der Waals surface area contributed by atoms with Gasteiger partial charge in [0, 0.05) is 12.0 Å². The Labute approximate surface area is 128 Å². The maximum atomic E-state index is 12.5. The van der Waals surface area contributed by atoms with Crippen molar-refractivity contribution in [2.24, 2.45) is 0 Å². The summed E-state index contributed by atoms with van der Waals surface area (Å²) in [6.07, 6.45) is 5.22. The van der Waals surface area contributed by atoms with Crippen LogP contribution in [0.15, 0.2) is 41.5 Å². The summed E-state index contributed by atoms with van der Waals surface area (Å²) >= 11 is 0. The molecule has 0 N–H and O–H groups in total. The quantitative estimate of drug-likeness (QED) is 0.566. The van der Waals surface area contributed by atoms with E-state index in [1.165, 1.54) is 11.1 Å². The van der Waals surface area contributed by atoms with Gasteiger partial charge in [-0.25, -0.2) is 0 Å². The van der Waals surface area contributed by atoms with Crippen LogP contribution in [0.25, 0.3) is 0 Å². The number of ether oxygens (including phenoxy) is 1. The van der Waals surface area contributed by atoms with E-state index in [0.29, 0.717) is 12.5 Å². The molecule has 2 heteroatoms. The first-order valence-corrected chi connectivity index (χ1v) is 8.06. The van der Waals surface area contributed by atoms with Crippen molar-refractivity contribution in [2.45, 2.75) is 65.1 Å². The van der Waals surface area contributed by atoms with Crippen molar-refractivity contribution in [3.05, 3.63) is 47.0 Å². The normalized spacial score (nSPS) is 24.7. The van der Waals surface area contributed by atoms with E-state index in [-0.39, 0.29) is 11.9 Å². The van der Waals surface area contributed by atoms with E-state index in [9.17, 15) is 4.79 Å². The second-order valence-corrected chi connectivity index (χ2v) is 5.97. The molecule has 114 valence electrons. The highest BCUT2D eigenvalue weighted by atomic mass is 16.5. The van der Waals surface area contributed by atoms with Crippen LogP contribution >= 0.6 is 0 Å². The zero-order valence-electron chi connectivity index (χ0n) is 13.4. The summed E-state index contributed by atoms with van der Waals surface area (Å²) in [6, 6.07) is 9.60. The molecule has 2 unspecified atom stereocenters. The summed E-state index contributed by atoms with van der Waals surface area (Å²) < 4.78 is 5.94. The van der Waals surface area contributed by atoms with Crippen molar-refractivity contribution in [1.82, 2.24) is 0 Å². The molecule has 1 aliphatic rings. The highest BCUT2D eigenvalue weighted by molar-refractivity contribution is 5.97. The van der Waals surface area contributed by atoms with Gasteiger partial charge >= 0.3 is 0 Å². The molecule has 1 aliphatic heterocycles. The Morgan fingerprint density at radius 1 is 1.24 bits per heavy atom. The van der Waals surface area contributed by atoms with Crippen molar-refractivity contribution in [2.75, 3.05) is 0 Å². The van der Waals surface area contributed by atoms with Gasteiger partial charge in [-0.3, -0.25) is 4.79 Å². The van der Waals surface area contributed by atoms with Gasteiger partial charge in [0.1, 0.15) is 0 Å². The Morgan fingerprint density at radius 2 is 1.95 bits per heavy atom. The molecule has 0 amide bonds. The first-order chi connectivity index (χ1) is 10.1. The molecule has 2 rings (SSSR count). The Morgan fingerprint density at radius 3 is 2.57 bits per heavy atom. The lowest BCUT2D eigenvalue weighted by molar-refractivity contribution is 0.000758. The van der Waals surface area contributed by atoms with Crippen LogP contribution in [0, 0.1) is 0 Å². The molecule has 1 fully saturated rings. The topological polar surface area (TPSA) is 26.3 Å². The van der Waals surface area contributed by atoms with Crippen LogP contribution in [0.2, 0.25) is 0 Å². The minimum Gasteiger partial charge on any atom is -0.371 e. The van der Waals surface area contributed by atoms with Gasteiger partial charge in [0.15, 0.2) is 5.78 Å². The highest BCUT2D eigenvalue weighted by Crippen LogP contribution is 2.30. The molecular weight excluding hydrogens is 260 g/mol. The molecule has 1 saturated heterocycles. The summed E-state index contributed by atoms with van der Waals surface area (Å²) in [5.41, 5.74) is 3.47. The summed E-state index contributed by atoms with van der Waals surface area (Å²) in [5, 5.41) is 0. The Balaban J connectivity index is 2.17. The van der Waals surface area contributed by atoms with Gasteiger partial charge in [0.2, 0.25) is 0 Å². The van der Waals surface area contributed by atoms with Crippen LogP contribution in [0.5, 0.6) is 0 Å². The molecule has 0 spiro atoms. The number of carbonyl (C=O) groups is 1. The molecule has 1 heterocycles. The number of hydrogen-bond acceptors (Lipinski definition) is 2. The molecule has 0 saturated carbocycles. The lowest BCUT2D eigenvalue weighted by Gasteiger charge is -2.30. The molecule has 1 aromatic rings. The molecule has 0 aromatic heterocycles. The van der Waals surface area contributed by atoms with Crippen LogP contribution in [0.1, 0.15) is 63.2 Å². The smallest absolute Gasteiger partial charge is 0.166 e. The Hall–Kier alpha value is -1.41. The maximum absolute atomic E-state index is 12.5. The van der Waals surface area contributed by atoms with E-state index in [2.05, 4.69) is 20.8 Å². The van der Waals surface area contributed by atoms with Gasteiger partial charge in [-0.15, -0.1) is 0 Å². The van der Waals surface area contributed by atoms with Crippen molar-refractivity contribution >= 4 is 5.78 Å². The van der Waals surface area contributed by atoms with E-state index in [4.69, 9.17) is 4.74 Å².